The van der Waals surface area contributed by atoms with Crippen LogP contribution in [0.3, 0.4) is 0 Å². The summed E-state index contributed by atoms with van der Waals surface area (Å²) in [6, 6.07) is 15.7. The Labute approximate surface area is 250 Å². The van der Waals surface area contributed by atoms with E-state index in [1.165, 1.54) is 29.1 Å². The third-order valence-corrected chi connectivity index (χ3v) is 8.04. The fraction of sp³-hybridized carbons (Fsp3) is 0.111. The Balaban J connectivity index is 1.64. The number of esters is 1. The zero-order valence-electron chi connectivity index (χ0n) is 21.2. The Morgan fingerprint density at radius 3 is 2.54 bits per heavy atom. The molecular formula is C27H19Cl2N5O5S2. The molecule has 0 aliphatic rings. The van der Waals surface area contributed by atoms with E-state index in [0.29, 0.717) is 10.9 Å². The molecule has 10 nitrogen and oxygen atoms in total. The molecule has 0 atom stereocenters. The molecule has 0 bridgehead atoms. The second-order valence-electron chi connectivity index (χ2n) is 8.52. The number of halogens is 2. The fourth-order valence-electron chi connectivity index (χ4n) is 3.95. The number of carbonyl (C=O) groups is 3. The number of carbonyl (C=O) groups excluding carboxylic acids is 3. The first-order valence-electron chi connectivity index (χ1n) is 11.9. The minimum Gasteiger partial charge on any atom is -0.465 e. The van der Waals surface area contributed by atoms with Crippen LogP contribution in [0.25, 0.3) is 11.4 Å². The maximum absolute atomic E-state index is 13.6. The van der Waals surface area contributed by atoms with Crippen molar-refractivity contribution in [3.05, 3.63) is 107 Å². The molecule has 0 unspecified atom stereocenters. The number of methoxy groups -OCH3 is 1. The molecule has 0 saturated carbocycles. The zero-order chi connectivity index (χ0) is 29.1. The van der Waals surface area contributed by atoms with Crippen molar-refractivity contribution in [1.82, 2.24) is 18.7 Å². The van der Waals surface area contributed by atoms with Crippen molar-refractivity contribution >= 4 is 69.5 Å². The molecule has 0 radical (unpaired) electrons. The van der Waals surface area contributed by atoms with Gasteiger partial charge in [-0.05, 0) is 47.9 Å². The summed E-state index contributed by atoms with van der Waals surface area (Å²) in [5.41, 5.74) is -0.0204. The molecule has 4 heterocycles. The molecule has 0 saturated heterocycles. The van der Waals surface area contributed by atoms with Crippen LogP contribution >= 0.6 is 46.1 Å². The van der Waals surface area contributed by atoms with E-state index in [0.717, 1.165) is 27.2 Å². The SMILES string of the molecule is COC(=O)c1cc(-c2cc(NCc3ccc(Cl)s3)n(C(=O)c3ccccc3Cl)n2)n(CC(=O)c2ccsn2)c(=O)c1. The van der Waals surface area contributed by atoms with Crippen LogP contribution in [-0.2, 0) is 17.8 Å². The molecule has 1 N–H and O–H groups in total. The van der Waals surface area contributed by atoms with E-state index in [-0.39, 0.29) is 45.6 Å². The first-order valence-corrected chi connectivity index (χ1v) is 14.3. The summed E-state index contributed by atoms with van der Waals surface area (Å²) >= 11 is 14.9. The predicted molar refractivity (Wildman–Crippen MR) is 158 cm³/mol. The van der Waals surface area contributed by atoms with Gasteiger partial charge in [0.1, 0.15) is 17.2 Å². The monoisotopic (exact) mass is 627 g/mol. The van der Waals surface area contributed by atoms with Gasteiger partial charge in [-0.1, -0.05) is 35.3 Å². The highest BCUT2D eigenvalue weighted by molar-refractivity contribution is 7.16. The Bertz CT molecular complexity index is 1830. The molecule has 4 aromatic heterocycles. The second kappa shape index (κ2) is 12.2. The van der Waals surface area contributed by atoms with Crippen LogP contribution in [0.2, 0.25) is 9.36 Å². The van der Waals surface area contributed by atoms with Crippen LogP contribution in [0, 0.1) is 0 Å². The Morgan fingerprint density at radius 1 is 1.05 bits per heavy atom. The molecule has 0 fully saturated rings. The summed E-state index contributed by atoms with van der Waals surface area (Å²) in [6.45, 7) is -0.0588. The number of nitrogens with zero attached hydrogens (tertiary/aromatic N) is 4. The lowest BCUT2D eigenvalue weighted by Crippen LogP contribution is -2.27. The van der Waals surface area contributed by atoms with E-state index < -0.39 is 23.2 Å². The Kier molecular flexibility index (Phi) is 8.45. The predicted octanol–water partition coefficient (Wildman–Crippen LogP) is 5.51. The lowest BCUT2D eigenvalue weighted by atomic mass is 10.1. The quantitative estimate of drug-likeness (QED) is 0.168. The number of thiophene rings is 1. The molecule has 0 spiro atoms. The van der Waals surface area contributed by atoms with Crippen LogP contribution in [0.15, 0.2) is 70.8 Å². The van der Waals surface area contributed by atoms with E-state index in [1.54, 1.807) is 47.8 Å². The van der Waals surface area contributed by atoms with E-state index in [9.17, 15) is 19.2 Å². The second-order valence-corrected chi connectivity index (χ2v) is 11.4. The standard InChI is InChI=1S/C27H19Cl2N5O5S2/c1-39-27(38)15-10-21(33(25(36)11-15)14-22(35)19-8-9-40-32-19)20-12-24(30-13-16-6-7-23(29)41-16)34(31-20)26(37)17-4-2-3-5-18(17)28/h2-12,30H,13-14H2,1H3. The van der Waals surface area contributed by atoms with Gasteiger partial charge < -0.3 is 10.1 Å². The van der Waals surface area contributed by atoms with Gasteiger partial charge >= 0.3 is 5.97 Å². The number of anilines is 1. The molecule has 5 aromatic rings. The van der Waals surface area contributed by atoms with Crippen molar-refractivity contribution in [3.63, 3.8) is 0 Å². The average Bonchev–Trinajstić information content (AvgIpc) is 3.74. The van der Waals surface area contributed by atoms with Crippen LogP contribution in [0.4, 0.5) is 5.82 Å². The van der Waals surface area contributed by atoms with Gasteiger partial charge in [0.15, 0.2) is 0 Å². The largest absolute Gasteiger partial charge is 0.465 e. The number of Topliss-reactive ketones (excluding diaryl/α,β-unsaturated/α-hetero) is 1. The van der Waals surface area contributed by atoms with E-state index >= 15 is 0 Å². The molecule has 1 aromatic carbocycles. The van der Waals surface area contributed by atoms with Gasteiger partial charge in [0.05, 0.1) is 46.4 Å². The van der Waals surface area contributed by atoms with Crippen molar-refractivity contribution in [2.75, 3.05) is 12.4 Å². The Morgan fingerprint density at radius 2 is 1.85 bits per heavy atom. The molecular weight excluding hydrogens is 609 g/mol. The van der Waals surface area contributed by atoms with Crippen molar-refractivity contribution in [2.45, 2.75) is 13.1 Å². The molecule has 41 heavy (non-hydrogen) atoms. The normalized spacial score (nSPS) is 10.9. The van der Waals surface area contributed by atoms with Crippen LogP contribution < -0.4 is 10.9 Å². The fourth-order valence-corrected chi connectivity index (χ4v) is 5.72. The van der Waals surface area contributed by atoms with E-state index in [2.05, 4.69) is 14.8 Å². The van der Waals surface area contributed by atoms with Crippen molar-refractivity contribution in [1.29, 1.82) is 0 Å². The minimum atomic E-state index is -0.749. The minimum absolute atomic E-state index is 0.0421. The smallest absolute Gasteiger partial charge is 0.338 e. The van der Waals surface area contributed by atoms with Gasteiger partial charge in [-0.25, -0.2) is 4.79 Å². The van der Waals surface area contributed by atoms with Gasteiger partial charge in [-0.3, -0.25) is 19.0 Å². The average molecular weight is 629 g/mol. The summed E-state index contributed by atoms with van der Waals surface area (Å²) in [4.78, 5) is 53.0. The number of hydrogen-bond donors (Lipinski definition) is 1. The highest BCUT2D eigenvalue weighted by Crippen LogP contribution is 2.27. The van der Waals surface area contributed by atoms with E-state index in [4.69, 9.17) is 27.9 Å². The first-order chi connectivity index (χ1) is 19.7. The number of aromatic nitrogens is 4. The lowest BCUT2D eigenvalue weighted by Gasteiger charge is -2.11. The Hall–Kier alpha value is -4.10. The maximum atomic E-state index is 13.6. The molecule has 0 amide bonds. The van der Waals surface area contributed by atoms with Crippen molar-refractivity contribution < 1.29 is 19.1 Å². The summed E-state index contributed by atoms with van der Waals surface area (Å²) in [7, 11) is 1.19. The first kappa shape index (κ1) is 28.4. The number of ketones is 1. The molecule has 14 heteroatoms. The van der Waals surface area contributed by atoms with Crippen molar-refractivity contribution in [2.24, 2.45) is 0 Å². The number of hydrogen-bond acceptors (Lipinski definition) is 10. The summed E-state index contributed by atoms with van der Waals surface area (Å²) in [5, 5.41) is 9.56. The number of pyridine rings is 1. The number of rotatable bonds is 9. The number of ether oxygens (including phenoxy) is 1. The molecule has 0 aliphatic carbocycles. The maximum Gasteiger partial charge on any atom is 0.338 e. The van der Waals surface area contributed by atoms with Gasteiger partial charge in [-0.2, -0.15) is 14.2 Å². The summed E-state index contributed by atoms with van der Waals surface area (Å²) in [5.74, 6) is -1.42. The topological polar surface area (TPSA) is 125 Å². The molecule has 208 valence electrons. The van der Waals surface area contributed by atoms with Crippen LogP contribution in [-0.4, -0.2) is 43.5 Å². The van der Waals surface area contributed by atoms with Gasteiger partial charge in [0, 0.05) is 22.4 Å². The highest BCUT2D eigenvalue weighted by atomic mass is 35.5. The van der Waals surface area contributed by atoms with Crippen LogP contribution in [0.1, 0.15) is 36.1 Å². The molecule has 0 aliphatic heterocycles. The molecule has 5 rings (SSSR count). The summed E-state index contributed by atoms with van der Waals surface area (Å²) in [6.07, 6.45) is 0. The summed E-state index contributed by atoms with van der Waals surface area (Å²) < 4.78 is 11.8. The lowest BCUT2D eigenvalue weighted by molar-refractivity contribution is 0.0600. The zero-order valence-corrected chi connectivity index (χ0v) is 24.3. The number of benzene rings is 1. The van der Waals surface area contributed by atoms with Crippen LogP contribution in [0.5, 0.6) is 0 Å². The van der Waals surface area contributed by atoms with Gasteiger partial charge in [0.2, 0.25) is 5.78 Å². The van der Waals surface area contributed by atoms with Gasteiger partial charge in [0.25, 0.3) is 11.5 Å². The van der Waals surface area contributed by atoms with E-state index in [1.807, 2.05) is 6.07 Å². The van der Waals surface area contributed by atoms with Gasteiger partial charge in [-0.15, -0.1) is 11.3 Å². The third kappa shape index (κ3) is 6.15. The highest BCUT2D eigenvalue weighted by Gasteiger charge is 2.23. The number of nitrogens with one attached hydrogen (secondary N) is 1. The third-order valence-electron chi connectivity index (χ3n) is 5.92. The van der Waals surface area contributed by atoms with Crippen molar-refractivity contribution in [3.8, 4) is 11.4 Å².